The van der Waals surface area contributed by atoms with Crippen molar-refractivity contribution in [2.24, 2.45) is 45.3 Å². The number of aliphatic hydroxyl groups is 1. The summed E-state index contributed by atoms with van der Waals surface area (Å²) >= 11 is 0. The van der Waals surface area contributed by atoms with E-state index >= 15 is 0 Å². The van der Waals surface area contributed by atoms with Gasteiger partial charge in [-0.05, 0) is 92.4 Å². The van der Waals surface area contributed by atoms with Crippen LogP contribution < -0.4 is 11.2 Å². The number of esters is 1. The second-order valence-corrected chi connectivity index (χ2v) is 11.1. The molecule has 7 heteroatoms. The normalized spacial score (nSPS) is 47.8. The summed E-state index contributed by atoms with van der Waals surface area (Å²) in [6, 6.07) is -0.612. The number of urea groups is 1. The van der Waals surface area contributed by atoms with Gasteiger partial charge in [0.2, 0.25) is 0 Å². The average molecular weight is 430 g/mol. The Morgan fingerprint density at radius 1 is 1.19 bits per heavy atom. The van der Waals surface area contributed by atoms with Gasteiger partial charge in [-0.25, -0.2) is 15.0 Å². The van der Waals surface area contributed by atoms with Gasteiger partial charge in [0.25, 0.3) is 0 Å². The fourth-order valence-electron chi connectivity index (χ4n) is 8.45. The molecule has 7 atom stereocenters. The number of nitrogens with zero attached hydrogens (tertiary/aromatic N) is 1. The zero-order valence-corrected chi connectivity index (χ0v) is 18.7. The standard InChI is InChI=1S/C24H35N3O4/c1-22-8-5-16(26-27-21(25)29)12-15(22)3-4-19-18(22)6-9-23(2)17(7-10-24(19,23)30)14-11-20(28)31-13-14/h11,15,17-19,30H,3-10,12-13H2,1-2H3,(H3,25,27,29)/b26-16+/t15?,17?,18-,19?,22-,23+,24?/m1/s1. The maximum absolute atomic E-state index is 12.2. The highest BCUT2D eigenvalue weighted by Gasteiger charge is 2.67. The molecule has 0 aromatic carbocycles. The Labute approximate surface area is 183 Å². The van der Waals surface area contributed by atoms with E-state index in [9.17, 15) is 14.7 Å². The number of nitrogens with one attached hydrogen (secondary N) is 1. The van der Waals surface area contributed by atoms with E-state index in [2.05, 4.69) is 24.4 Å². The van der Waals surface area contributed by atoms with Crippen molar-refractivity contribution >= 4 is 17.7 Å². The summed E-state index contributed by atoms with van der Waals surface area (Å²) in [7, 11) is 0. The van der Waals surface area contributed by atoms with Crippen molar-refractivity contribution in [3.63, 3.8) is 0 Å². The lowest BCUT2D eigenvalue weighted by atomic mass is 9.43. The maximum Gasteiger partial charge on any atom is 0.332 e. The Balaban J connectivity index is 1.39. The molecule has 5 rings (SSSR count). The molecule has 4 aliphatic carbocycles. The van der Waals surface area contributed by atoms with E-state index in [0.717, 1.165) is 69.1 Å². The number of carbonyl (C=O) groups is 2. The van der Waals surface area contributed by atoms with Crippen LogP contribution in [0.1, 0.15) is 71.6 Å². The Morgan fingerprint density at radius 2 is 2.00 bits per heavy atom. The summed E-state index contributed by atoms with van der Waals surface area (Å²) in [4.78, 5) is 22.7. The van der Waals surface area contributed by atoms with Gasteiger partial charge in [0.1, 0.15) is 6.61 Å². The van der Waals surface area contributed by atoms with Crippen LogP contribution in [-0.4, -0.2) is 35.0 Å². The van der Waals surface area contributed by atoms with Crippen LogP contribution in [0, 0.1) is 34.5 Å². The molecular formula is C24H35N3O4. The number of fused-ring (bicyclic) bond motifs is 5. The van der Waals surface area contributed by atoms with Gasteiger partial charge in [-0.3, -0.25) is 0 Å². The minimum Gasteiger partial charge on any atom is -0.458 e. The van der Waals surface area contributed by atoms with Crippen LogP contribution in [0.4, 0.5) is 4.79 Å². The van der Waals surface area contributed by atoms with Gasteiger partial charge in [-0.15, -0.1) is 0 Å². The van der Waals surface area contributed by atoms with Crippen LogP contribution in [0.5, 0.6) is 0 Å². The summed E-state index contributed by atoms with van der Waals surface area (Å²) in [6.07, 6.45) is 10.5. The molecule has 0 saturated heterocycles. The van der Waals surface area contributed by atoms with E-state index in [-0.39, 0.29) is 22.7 Å². The van der Waals surface area contributed by atoms with Gasteiger partial charge in [0.15, 0.2) is 0 Å². The Hall–Kier alpha value is -1.89. The minimum absolute atomic E-state index is 0.190. The number of carbonyl (C=O) groups excluding carboxylic acids is 2. The monoisotopic (exact) mass is 429 g/mol. The molecule has 0 aromatic rings. The summed E-state index contributed by atoms with van der Waals surface area (Å²) in [6.45, 7) is 5.09. The van der Waals surface area contributed by atoms with Crippen LogP contribution in [0.2, 0.25) is 0 Å². The Bertz CT molecular complexity index is 869. The second-order valence-electron chi connectivity index (χ2n) is 11.1. The zero-order valence-electron chi connectivity index (χ0n) is 18.7. The first-order valence-corrected chi connectivity index (χ1v) is 11.9. The molecule has 1 aliphatic heterocycles. The van der Waals surface area contributed by atoms with Gasteiger partial charge >= 0.3 is 12.0 Å². The van der Waals surface area contributed by atoms with E-state index < -0.39 is 11.6 Å². The molecule has 4 unspecified atom stereocenters. The van der Waals surface area contributed by atoms with Gasteiger partial charge < -0.3 is 15.6 Å². The number of cyclic esters (lactones) is 1. The van der Waals surface area contributed by atoms with E-state index in [1.807, 2.05) is 0 Å². The van der Waals surface area contributed by atoms with Crippen molar-refractivity contribution in [3.05, 3.63) is 11.6 Å². The number of primary amides is 1. The SMILES string of the molecule is C[C@@]12CC[C@@H]3C(CCC4C/C(=N/NC(N)=O)CC[C@]43C)C1(O)CCC2C1=CC(=O)OC1. The summed E-state index contributed by atoms with van der Waals surface area (Å²) in [5.41, 5.74) is 9.03. The summed E-state index contributed by atoms with van der Waals surface area (Å²) in [5, 5.41) is 16.5. The highest BCUT2D eigenvalue weighted by Crippen LogP contribution is 2.69. The molecule has 0 radical (unpaired) electrons. The van der Waals surface area contributed by atoms with Gasteiger partial charge in [-0.2, -0.15) is 5.10 Å². The molecule has 5 aliphatic rings. The van der Waals surface area contributed by atoms with Crippen LogP contribution in [0.3, 0.4) is 0 Å². The molecule has 1 heterocycles. The van der Waals surface area contributed by atoms with Crippen LogP contribution in [0.15, 0.2) is 16.8 Å². The third kappa shape index (κ3) is 2.99. The molecule has 170 valence electrons. The molecule has 31 heavy (non-hydrogen) atoms. The largest absolute Gasteiger partial charge is 0.458 e. The molecule has 0 spiro atoms. The highest BCUT2D eigenvalue weighted by atomic mass is 16.5. The second kappa shape index (κ2) is 7.06. The number of ether oxygens (including phenoxy) is 1. The first-order chi connectivity index (χ1) is 14.7. The quantitative estimate of drug-likeness (QED) is 0.462. The molecule has 0 aromatic heterocycles. The molecular weight excluding hydrogens is 394 g/mol. The van der Waals surface area contributed by atoms with E-state index in [1.54, 1.807) is 6.08 Å². The number of rotatable bonds is 2. The van der Waals surface area contributed by atoms with E-state index in [1.165, 1.54) is 0 Å². The van der Waals surface area contributed by atoms with Crippen molar-refractivity contribution in [1.29, 1.82) is 0 Å². The van der Waals surface area contributed by atoms with Gasteiger partial charge in [0.05, 0.1) is 5.60 Å². The predicted molar refractivity (Wildman–Crippen MR) is 116 cm³/mol. The summed E-state index contributed by atoms with van der Waals surface area (Å²) in [5.74, 6) is 1.34. The fourth-order valence-corrected chi connectivity index (χ4v) is 8.45. The molecule has 4 N–H and O–H groups in total. The predicted octanol–water partition coefficient (Wildman–Crippen LogP) is 3.27. The Morgan fingerprint density at radius 3 is 2.71 bits per heavy atom. The van der Waals surface area contributed by atoms with Crippen molar-refractivity contribution in [3.8, 4) is 0 Å². The minimum atomic E-state index is -0.678. The first-order valence-electron chi connectivity index (χ1n) is 11.9. The lowest BCUT2D eigenvalue weighted by Gasteiger charge is -2.63. The summed E-state index contributed by atoms with van der Waals surface area (Å²) < 4.78 is 5.22. The smallest absolute Gasteiger partial charge is 0.332 e. The maximum atomic E-state index is 12.2. The molecule has 4 saturated carbocycles. The third-order valence-corrected chi connectivity index (χ3v) is 10.1. The number of hydrogen-bond donors (Lipinski definition) is 3. The molecule has 0 bridgehead atoms. The van der Waals surface area contributed by atoms with Gasteiger partial charge in [0, 0.05) is 17.2 Å². The van der Waals surface area contributed by atoms with Gasteiger partial charge in [-0.1, -0.05) is 13.8 Å². The van der Waals surface area contributed by atoms with Crippen molar-refractivity contribution in [2.45, 2.75) is 77.2 Å². The Kier molecular flexibility index (Phi) is 4.78. The average Bonchev–Trinajstić information content (AvgIpc) is 3.26. The topological polar surface area (TPSA) is 114 Å². The lowest BCUT2D eigenvalue weighted by Crippen LogP contribution is -2.62. The molecule has 4 fully saturated rings. The fraction of sp³-hybridized carbons (Fsp3) is 0.792. The number of amides is 2. The molecule has 7 nitrogen and oxygen atoms in total. The van der Waals surface area contributed by atoms with E-state index in [0.29, 0.717) is 24.4 Å². The number of hydrogen-bond acceptors (Lipinski definition) is 5. The number of nitrogens with two attached hydrogens (primary N) is 1. The highest BCUT2D eigenvalue weighted by molar-refractivity contribution is 5.87. The van der Waals surface area contributed by atoms with Crippen molar-refractivity contribution in [2.75, 3.05) is 6.61 Å². The van der Waals surface area contributed by atoms with Crippen LogP contribution >= 0.6 is 0 Å². The zero-order chi connectivity index (χ0) is 22.0. The van der Waals surface area contributed by atoms with Crippen LogP contribution in [0.25, 0.3) is 0 Å². The molecule has 2 amide bonds. The van der Waals surface area contributed by atoms with Crippen LogP contribution in [-0.2, 0) is 9.53 Å². The lowest BCUT2D eigenvalue weighted by molar-refractivity contribution is -0.200. The third-order valence-electron chi connectivity index (χ3n) is 10.1. The van der Waals surface area contributed by atoms with Crippen molar-refractivity contribution < 1.29 is 19.4 Å². The first kappa shape index (κ1) is 21.0. The number of hydrazone groups is 1. The van der Waals surface area contributed by atoms with E-state index in [4.69, 9.17) is 10.5 Å². The van der Waals surface area contributed by atoms with Crippen molar-refractivity contribution in [1.82, 2.24) is 5.43 Å².